The second kappa shape index (κ2) is 6.41. The summed E-state index contributed by atoms with van der Waals surface area (Å²) in [5.74, 6) is 0.826. The highest BCUT2D eigenvalue weighted by Gasteiger charge is 2.22. The number of thiophene rings is 1. The Morgan fingerprint density at radius 3 is 2.62 bits per heavy atom. The first kappa shape index (κ1) is 14.3. The van der Waals surface area contributed by atoms with Crippen LogP contribution in [0.25, 0.3) is 11.4 Å². The van der Waals surface area contributed by atoms with Gasteiger partial charge >= 0.3 is 0 Å². The average Bonchev–Trinajstić information content (AvgIpc) is 3.16. The van der Waals surface area contributed by atoms with Gasteiger partial charge in [-0.3, -0.25) is 4.57 Å². The Labute approximate surface area is 133 Å². The zero-order valence-electron chi connectivity index (χ0n) is 11.7. The Morgan fingerprint density at radius 1 is 1.14 bits per heavy atom. The van der Waals surface area contributed by atoms with Crippen LogP contribution >= 0.6 is 22.9 Å². The highest BCUT2D eigenvalue weighted by atomic mass is 35.5. The number of hydrogen-bond acceptors (Lipinski definition) is 3. The van der Waals surface area contributed by atoms with Gasteiger partial charge in [0.05, 0.1) is 6.04 Å². The molecule has 2 aromatic heterocycles. The maximum Gasteiger partial charge on any atom is 0.225 e. The smallest absolute Gasteiger partial charge is 0.225 e. The summed E-state index contributed by atoms with van der Waals surface area (Å²) in [6.07, 6.45) is 2.09. The molecule has 2 heterocycles. The summed E-state index contributed by atoms with van der Waals surface area (Å²) in [6.45, 7) is 2.18. The Morgan fingerprint density at radius 2 is 1.95 bits per heavy atom. The number of nitrogens with zero attached hydrogens (tertiary/aromatic N) is 3. The molecule has 1 aromatic carbocycles. The molecular formula is C16H16ClN3S. The molecule has 3 nitrogen and oxygen atoms in total. The molecule has 0 spiro atoms. The van der Waals surface area contributed by atoms with Crippen LogP contribution in [0, 0.1) is 0 Å². The summed E-state index contributed by atoms with van der Waals surface area (Å²) >= 11 is 8.08. The molecule has 0 bridgehead atoms. The minimum absolute atomic E-state index is 0.188. The van der Waals surface area contributed by atoms with Crippen molar-refractivity contribution in [3.63, 3.8) is 0 Å². The second-order valence-corrected chi connectivity index (χ2v) is 6.17. The largest absolute Gasteiger partial charge is 0.289 e. The van der Waals surface area contributed by atoms with E-state index in [2.05, 4.69) is 34.6 Å². The molecule has 108 valence electrons. The first-order valence-electron chi connectivity index (χ1n) is 7.00. The molecule has 0 fully saturated rings. The van der Waals surface area contributed by atoms with E-state index in [0.717, 1.165) is 24.2 Å². The molecule has 3 aromatic rings. The molecule has 0 N–H and O–H groups in total. The van der Waals surface area contributed by atoms with Crippen molar-refractivity contribution in [3.05, 3.63) is 58.0 Å². The molecular weight excluding hydrogens is 302 g/mol. The minimum atomic E-state index is 0.188. The molecule has 1 atom stereocenters. The summed E-state index contributed by atoms with van der Waals surface area (Å²) in [7, 11) is 0. The quantitative estimate of drug-likeness (QED) is 0.659. The van der Waals surface area contributed by atoms with E-state index in [4.69, 9.17) is 11.6 Å². The van der Waals surface area contributed by atoms with Gasteiger partial charge in [0.1, 0.15) is 0 Å². The van der Waals surface area contributed by atoms with E-state index < -0.39 is 0 Å². The van der Waals surface area contributed by atoms with Crippen molar-refractivity contribution < 1.29 is 0 Å². The van der Waals surface area contributed by atoms with Crippen molar-refractivity contribution in [2.45, 2.75) is 25.8 Å². The summed E-state index contributed by atoms with van der Waals surface area (Å²) in [5, 5.41) is 10.9. The summed E-state index contributed by atoms with van der Waals surface area (Å²) < 4.78 is 2.05. The van der Waals surface area contributed by atoms with Gasteiger partial charge < -0.3 is 0 Å². The van der Waals surface area contributed by atoms with Crippen molar-refractivity contribution in [1.82, 2.24) is 14.8 Å². The number of halogens is 1. The van der Waals surface area contributed by atoms with Gasteiger partial charge in [-0.25, -0.2) is 0 Å². The van der Waals surface area contributed by atoms with Gasteiger partial charge in [0.2, 0.25) is 5.28 Å². The Hall–Kier alpha value is -1.65. The van der Waals surface area contributed by atoms with Crippen molar-refractivity contribution in [2.75, 3.05) is 0 Å². The lowest BCUT2D eigenvalue weighted by Gasteiger charge is -2.19. The lowest BCUT2D eigenvalue weighted by molar-refractivity contribution is 0.545. The van der Waals surface area contributed by atoms with Gasteiger partial charge in [-0.2, -0.15) is 0 Å². The summed E-state index contributed by atoms with van der Waals surface area (Å²) in [6, 6.07) is 14.5. The normalized spacial score (nSPS) is 12.5. The van der Waals surface area contributed by atoms with Crippen LogP contribution in [0.1, 0.15) is 30.7 Å². The van der Waals surface area contributed by atoms with Gasteiger partial charge in [0, 0.05) is 10.4 Å². The van der Waals surface area contributed by atoms with Crippen LogP contribution in [0.4, 0.5) is 0 Å². The van der Waals surface area contributed by atoms with E-state index in [0.29, 0.717) is 5.28 Å². The van der Waals surface area contributed by atoms with Gasteiger partial charge in [-0.05, 0) is 29.5 Å². The highest BCUT2D eigenvalue weighted by Crippen LogP contribution is 2.33. The zero-order valence-corrected chi connectivity index (χ0v) is 13.3. The number of hydrogen-bond donors (Lipinski definition) is 0. The molecule has 1 unspecified atom stereocenters. The van der Waals surface area contributed by atoms with E-state index in [-0.39, 0.29) is 6.04 Å². The van der Waals surface area contributed by atoms with Crippen LogP contribution in [-0.4, -0.2) is 14.8 Å². The molecule has 0 radical (unpaired) electrons. The molecule has 21 heavy (non-hydrogen) atoms. The van der Waals surface area contributed by atoms with Gasteiger partial charge in [-0.15, -0.1) is 21.5 Å². The van der Waals surface area contributed by atoms with E-state index in [1.807, 2.05) is 34.9 Å². The third-order valence-corrected chi connectivity index (χ3v) is 4.66. The van der Waals surface area contributed by atoms with Gasteiger partial charge in [0.25, 0.3) is 0 Å². The number of aromatic nitrogens is 3. The average molecular weight is 318 g/mol. The molecule has 3 rings (SSSR count). The van der Waals surface area contributed by atoms with E-state index >= 15 is 0 Å². The van der Waals surface area contributed by atoms with Crippen LogP contribution in [0.2, 0.25) is 5.28 Å². The SMILES string of the molecule is CCCC(c1cccs1)n1c(Cl)nnc1-c1ccccc1. The number of benzene rings is 1. The van der Waals surface area contributed by atoms with Crippen LogP contribution in [0.15, 0.2) is 47.8 Å². The monoisotopic (exact) mass is 317 g/mol. The minimum Gasteiger partial charge on any atom is -0.289 e. The third-order valence-electron chi connectivity index (χ3n) is 3.43. The first-order chi connectivity index (χ1) is 10.3. The highest BCUT2D eigenvalue weighted by molar-refractivity contribution is 7.10. The van der Waals surface area contributed by atoms with Crippen molar-refractivity contribution >= 4 is 22.9 Å². The molecule has 0 aliphatic heterocycles. The maximum absolute atomic E-state index is 6.34. The fourth-order valence-corrected chi connectivity index (χ4v) is 3.57. The van der Waals surface area contributed by atoms with E-state index in [1.165, 1.54) is 4.88 Å². The summed E-state index contributed by atoms with van der Waals surface area (Å²) in [5.41, 5.74) is 1.04. The molecule has 0 aliphatic rings. The Balaban J connectivity index is 2.10. The molecule has 0 aliphatic carbocycles. The Kier molecular flexibility index (Phi) is 4.36. The molecule has 0 amide bonds. The predicted octanol–water partition coefficient (Wildman–Crippen LogP) is 5.05. The topological polar surface area (TPSA) is 30.7 Å². The molecule has 5 heteroatoms. The van der Waals surface area contributed by atoms with Crippen molar-refractivity contribution in [2.24, 2.45) is 0 Å². The van der Waals surface area contributed by atoms with Gasteiger partial charge in [0.15, 0.2) is 5.82 Å². The molecule has 0 saturated carbocycles. The van der Waals surface area contributed by atoms with Crippen LogP contribution in [0.3, 0.4) is 0 Å². The lowest BCUT2D eigenvalue weighted by atomic mass is 10.1. The summed E-state index contributed by atoms with van der Waals surface area (Å²) in [4.78, 5) is 1.29. The maximum atomic E-state index is 6.34. The van der Waals surface area contributed by atoms with Crippen LogP contribution < -0.4 is 0 Å². The fourth-order valence-electron chi connectivity index (χ4n) is 2.49. The van der Waals surface area contributed by atoms with Crippen molar-refractivity contribution in [3.8, 4) is 11.4 Å². The van der Waals surface area contributed by atoms with Crippen LogP contribution in [0.5, 0.6) is 0 Å². The first-order valence-corrected chi connectivity index (χ1v) is 8.26. The standard InChI is InChI=1S/C16H16ClN3S/c1-2-7-13(14-10-6-11-21-14)20-15(18-19-16(20)17)12-8-4-3-5-9-12/h3-6,8-11,13H,2,7H2,1H3. The van der Waals surface area contributed by atoms with E-state index in [9.17, 15) is 0 Å². The fraction of sp³-hybridized carbons (Fsp3) is 0.250. The molecule has 0 saturated heterocycles. The van der Waals surface area contributed by atoms with Gasteiger partial charge in [-0.1, -0.05) is 49.7 Å². The lowest BCUT2D eigenvalue weighted by Crippen LogP contribution is -2.11. The second-order valence-electron chi connectivity index (χ2n) is 4.85. The van der Waals surface area contributed by atoms with Crippen LogP contribution in [-0.2, 0) is 0 Å². The number of rotatable bonds is 5. The Bertz CT molecular complexity index is 692. The third kappa shape index (κ3) is 2.87. The van der Waals surface area contributed by atoms with E-state index in [1.54, 1.807) is 11.3 Å². The zero-order chi connectivity index (χ0) is 14.7. The predicted molar refractivity (Wildman–Crippen MR) is 87.8 cm³/mol. The van der Waals surface area contributed by atoms with Crippen molar-refractivity contribution in [1.29, 1.82) is 0 Å².